The smallest absolute Gasteiger partial charge is 0.410 e. The molecular weight excluding hydrogens is 421 g/mol. The van der Waals surface area contributed by atoms with Gasteiger partial charge in [-0.05, 0) is 57.7 Å². The first kappa shape index (κ1) is 23.8. The van der Waals surface area contributed by atoms with Crippen LogP contribution in [0.5, 0.6) is 0 Å². The number of ether oxygens (including phenoxy) is 1. The number of hydrogen-bond donors (Lipinski definition) is 0. The van der Waals surface area contributed by atoms with Gasteiger partial charge in [0.15, 0.2) is 9.84 Å². The Morgan fingerprint density at radius 1 is 1.10 bits per heavy atom. The minimum absolute atomic E-state index is 0.00473. The highest BCUT2D eigenvalue weighted by Gasteiger charge is 2.29. The van der Waals surface area contributed by atoms with Crippen molar-refractivity contribution in [2.24, 2.45) is 5.92 Å². The van der Waals surface area contributed by atoms with Crippen molar-refractivity contribution in [3.63, 3.8) is 0 Å². The van der Waals surface area contributed by atoms with E-state index in [9.17, 15) is 17.6 Å². The molecule has 0 spiro atoms. The van der Waals surface area contributed by atoms with Gasteiger partial charge in [0.05, 0.1) is 10.6 Å². The summed E-state index contributed by atoms with van der Waals surface area (Å²) in [5.41, 5.74) is -0.0178. The molecule has 2 aliphatic heterocycles. The molecule has 0 bridgehead atoms. The number of anilines is 1. The van der Waals surface area contributed by atoms with Crippen LogP contribution in [0.25, 0.3) is 0 Å². The van der Waals surface area contributed by atoms with E-state index in [2.05, 4.69) is 4.90 Å². The predicted octanol–water partition coefficient (Wildman–Crippen LogP) is 3.00. The molecule has 31 heavy (non-hydrogen) atoms. The van der Waals surface area contributed by atoms with Gasteiger partial charge in [0.25, 0.3) is 0 Å². The normalized spacial score (nSPS) is 19.5. The summed E-state index contributed by atoms with van der Waals surface area (Å²) >= 11 is 0. The lowest BCUT2D eigenvalue weighted by Gasteiger charge is -2.39. The molecule has 2 saturated heterocycles. The number of likely N-dealkylation sites (tertiary alicyclic amines) is 1. The van der Waals surface area contributed by atoms with E-state index in [0.29, 0.717) is 24.7 Å². The van der Waals surface area contributed by atoms with Crippen LogP contribution < -0.4 is 4.90 Å². The minimum atomic E-state index is -3.42. The quantitative estimate of drug-likeness (QED) is 0.695. The van der Waals surface area contributed by atoms with Crippen molar-refractivity contribution in [2.45, 2.75) is 44.1 Å². The van der Waals surface area contributed by atoms with Crippen LogP contribution in [0.1, 0.15) is 33.6 Å². The van der Waals surface area contributed by atoms with Gasteiger partial charge in [-0.25, -0.2) is 17.6 Å². The molecular formula is C22H34FN3O4S. The number of piperidine rings is 1. The van der Waals surface area contributed by atoms with E-state index in [4.69, 9.17) is 4.74 Å². The van der Waals surface area contributed by atoms with Gasteiger partial charge in [-0.15, -0.1) is 0 Å². The number of nitrogens with zero attached hydrogens (tertiary/aromatic N) is 3. The second-order valence-corrected chi connectivity index (χ2v) is 11.6. The number of benzene rings is 1. The molecule has 2 fully saturated rings. The van der Waals surface area contributed by atoms with Gasteiger partial charge in [0.2, 0.25) is 0 Å². The average Bonchev–Trinajstić information content (AvgIpc) is 2.67. The molecule has 174 valence electrons. The number of halogens is 1. The first-order valence-electron chi connectivity index (χ1n) is 10.9. The van der Waals surface area contributed by atoms with E-state index in [1.807, 2.05) is 25.7 Å². The van der Waals surface area contributed by atoms with E-state index in [-0.39, 0.29) is 11.0 Å². The SMILES string of the molecule is CC(C)(C)OC(=O)N1CCC(CN2CCN(c3ccc(S(C)(=O)=O)cc3F)CC2)CC1. The Labute approximate surface area is 185 Å². The van der Waals surface area contributed by atoms with Crippen molar-refractivity contribution < 1.29 is 22.3 Å². The van der Waals surface area contributed by atoms with Crippen molar-refractivity contribution in [1.29, 1.82) is 0 Å². The Kier molecular flexibility index (Phi) is 7.15. The topological polar surface area (TPSA) is 70.2 Å². The van der Waals surface area contributed by atoms with Gasteiger partial charge in [0, 0.05) is 52.1 Å². The molecule has 0 N–H and O–H groups in total. The molecule has 0 atom stereocenters. The molecule has 0 aromatic heterocycles. The largest absolute Gasteiger partial charge is 0.444 e. The Hall–Kier alpha value is -1.87. The van der Waals surface area contributed by atoms with Crippen LogP contribution in [0.4, 0.5) is 14.9 Å². The van der Waals surface area contributed by atoms with Gasteiger partial charge < -0.3 is 14.5 Å². The Morgan fingerprint density at radius 3 is 2.23 bits per heavy atom. The van der Waals surface area contributed by atoms with Gasteiger partial charge in [-0.3, -0.25) is 4.90 Å². The predicted molar refractivity (Wildman–Crippen MR) is 119 cm³/mol. The van der Waals surface area contributed by atoms with E-state index in [1.54, 1.807) is 11.0 Å². The van der Waals surface area contributed by atoms with Crippen LogP contribution in [0.3, 0.4) is 0 Å². The van der Waals surface area contributed by atoms with Crippen LogP contribution in [0, 0.1) is 11.7 Å². The Bertz CT molecular complexity index is 885. The number of rotatable bonds is 4. The number of amides is 1. The standard InChI is InChI=1S/C22H34FN3O4S/c1-22(2,3)30-21(27)26-9-7-17(8-10-26)16-24-11-13-25(14-12-24)20-6-5-18(15-19(20)23)31(4,28)29/h5-6,15,17H,7-14,16H2,1-4H3. The summed E-state index contributed by atoms with van der Waals surface area (Å²) in [6, 6.07) is 4.14. The number of sulfone groups is 1. The highest BCUT2D eigenvalue weighted by molar-refractivity contribution is 7.90. The monoisotopic (exact) mass is 455 g/mol. The second kappa shape index (κ2) is 9.32. The van der Waals surface area contributed by atoms with Gasteiger partial charge in [0.1, 0.15) is 11.4 Å². The maximum absolute atomic E-state index is 14.5. The maximum atomic E-state index is 14.5. The Morgan fingerprint density at radius 2 is 1.71 bits per heavy atom. The first-order chi connectivity index (χ1) is 14.4. The van der Waals surface area contributed by atoms with Crippen LogP contribution >= 0.6 is 0 Å². The second-order valence-electron chi connectivity index (χ2n) is 9.58. The van der Waals surface area contributed by atoms with E-state index in [0.717, 1.165) is 57.9 Å². The van der Waals surface area contributed by atoms with Crippen molar-refractivity contribution in [3.8, 4) is 0 Å². The number of piperazine rings is 1. The lowest BCUT2D eigenvalue weighted by Crippen LogP contribution is -2.49. The molecule has 2 heterocycles. The van der Waals surface area contributed by atoms with Gasteiger partial charge in [-0.2, -0.15) is 0 Å². The Balaban J connectivity index is 1.46. The zero-order valence-corrected chi connectivity index (χ0v) is 19.8. The summed E-state index contributed by atoms with van der Waals surface area (Å²) in [6.07, 6.45) is 2.77. The molecule has 0 saturated carbocycles. The highest BCUT2D eigenvalue weighted by Crippen LogP contribution is 2.25. The third-order valence-electron chi connectivity index (χ3n) is 5.84. The minimum Gasteiger partial charge on any atom is -0.444 e. The van der Waals surface area contributed by atoms with E-state index >= 15 is 0 Å². The third kappa shape index (κ3) is 6.55. The fourth-order valence-corrected chi connectivity index (χ4v) is 4.77. The molecule has 0 unspecified atom stereocenters. The number of carbonyl (C=O) groups excluding carboxylic acids is 1. The molecule has 9 heteroatoms. The van der Waals surface area contributed by atoms with E-state index < -0.39 is 21.3 Å². The summed E-state index contributed by atoms with van der Waals surface area (Å²) in [5.74, 6) is 0.0434. The zero-order chi connectivity index (χ0) is 22.8. The molecule has 2 aliphatic rings. The lowest BCUT2D eigenvalue weighted by molar-refractivity contribution is 0.0169. The number of hydrogen-bond acceptors (Lipinski definition) is 6. The summed E-state index contributed by atoms with van der Waals surface area (Å²) in [6.45, 7) is 11.1. The molecule has 0 radical (unpaired) electrons. The van der Waals surface area contributed by atoms with Gasteiger partial charge in [-0.1, -0.05) is 0 Å². The van der Waals surface area contributed by atoms with Gasteiger partial charge >= 0.3 is 6.09 Å². The van der Waals surface area contributed by atoms with Crippen LogP contribution in [0.2, 0.25) is 0 Å². The summed E-state index contributed by atoms with van der Waals surface area (Å²) in [4.78, 5) is 18.4. The fraction of sp³-hybridized carbons (Fsp3) is 0.682. The molecule has 0 aliphatic carbocycles. The molecule has 1 aromatic rings. The summed E-state index contributed by atoms with van der Waals surface area (Å²) in [7, 11) is -3.42. The lowest BCUT2D eigenvalue weighted by atomic mass is 9.96. The van der Waals surface area contributed by atoms with E-state index in [1.165, 1.54) is 6.07 Å². The number of carbonyl (C=O) groups is 1. The van der Waals surface area contributed by atoms with Crippen molar-refractivity contribution >= 4 is 21.6 Å². The summed E-state index contributed by atoms with van der Waals surface area (Å²) < 4.78 is 43.2. The molecule has 1 amide bonds. The third-order valence-corrected chi connectivity index (χ3v) is 6.95. The van der Waals surface area contributed by atoms with Crippen LogP contribution in [0.15, 0.2) is 23.1 Å². The van der Waals surface area contributed by atoms with Crippen molar-refractivity contribution in [2.75, 3.05) is 57.0 Å². The fourth-order valence-electron chi connectivity index (χ4n) is 4.14. The average molecular weight is 456 g/mol. The first-order valence-corrected chi connectivity index (χ1v) is 12.8. The zero-order valence-electron chi connectivity index (χ0n) is 18.9. The molecule has 1 aromatic carbocycles. The highest BCUT2D eigenvalue weighted by atomic mass is 32.2. The van der Waals surface area contributed by atoms with Crippen molar-refractivity contribution in [1.82, 2.24) is 9.80 Å². The van der Waals surface area contributed by atoms with Crippen LogP contribution in [-0.4, -0.2) is 82.0 Å². The molecule has 7 nitrogen and oxygen atoms in total. The maximum Gasteiger partial charge on any atom is 0.410 e. The molecule has 3 rings (SSSR count). The van der Waals surface area contributed by atoms with Crippen molar-refractivity contribution in [3.05, 3.63) is 24.0 Å². The summed E-state index contributed by atoms with van der Waals surface area (Å²) in [5, 5.41) is 0. The van der Waals surface area contributed by atoms with Crippen LogP contribution in [-0.2, 0) is 14.6 Å².